The van der Waals surface area contributed by atoms with Gasteiger partial charge in [0.2, 0.25) is 5.91 Å². The van der Waals surface area contributed by atoms with Gasteiger partial charge in [0.25, 0.3) is 0 Å². The summed E-state index contributed by atoms with van der Waals surface area (Å²) >= 11 is 0. The molecule has 4 atom stereocenters. The van der Waals surface area contributed by atoms with Gasteiger partial charge in [-0.05, 0) is 169 Å². The first-order chi connectivity index (χ1) is 47.1. The molecule has 2 saturated heterocycles. The number of nitrogens with one attached hydrogen (secondary N) is 1. The Balaban J connectivity index is 0.000000178. The van der Waals surface area contributed by atoms with Crippen LogP contribution in [0.5, 0.6) is 11.5 Å². The zero-order valence-corrected chi connectivity index (χ0v) is 57.2. The fraction of sp³-hybridized carbons (Fsp3) is 0.447. The molecule has 4 aliphatic heterocycles. The number of nitrogens with zero attached hydrogens (tertiary/aromatic N) is 5. The van der Waals surface area contributed by atoms with Crippen LogP contribution in [0.2, 0.25) is 0 Å². The van der Waals surface area contributed by atoms with Crippen LogP contribution in [-0.4, -0.2) is 153 Å². The minimum Gasteiger partial charge on any atom is -0.481 e. The van der Waals surface area contributed by atoms with Crippen molar-refractivity contribution in [2.24, 2.45) is 11.8 Å². The van der Waals surface area contributed by atoms with Gasteiger partial charge in [-0.3, -0.25) is 19.2 Å². The minimum absolute atomic E-state index is 0.00719. The number of carboxylic acid groups (broad SMARTS) is 1. The number of anilines is 4. The van der Waals surface area contributed by atoms with E-state index in [1.165, 1.54) is 31.3 Å². The Morgan fingerprint density at radius 1 is 0.556 bits per heavy atom. The van der Waals surface area contributed by atoms with Crippen molar-refractivity contribution in [3.8, 4) is 33.8 Å². The maximum absolute atomic E-state index is 14.9. The molecule has 19 nitrogen and oxygen atoms in total. The summed E-state index contributed by atoms with van der Waals surface area (Å²) in [7, 11) is 3.03. The van der Waals surface area contributed by atoms with Crippen molar-refractivity contribution in [2.45, 2.75) is 140 Å². The third kappa shape index (κ3) is 18.4. The molecule has 6 aromatic rings. The standard InChI is InChI=1S/C38H43F2N3O6.C23H27NO4.C15H18F2N2O3/c1-37(2,3)49-36(46)41-20-18-30(27-13-8-12-26(22-27)25-10-6-5-7-11-25)31(24-41)34(44)43(28-14-15-28)29-16-17-33-32(23-29)42(19-9-21-47-4)35(45)38(39,40)48-33;1-23(2,3)28-22(27)24-13-12-19(20(15-24)21(25)26)18-11-7-10-17(14-18)16-8-5-4-6-9-16;1-21-8-2-7-19-12-9-11(18-10-3-4-10)5-6-13(12)22-15(16,17)14(19)20/h5-8,10-13,16-17,22-23,28,30-31H,9,14-15,18-21,24H2,1-4H3;4-11,14,19-20H,12-13,15H2,1-3H3,(H,25,26);5-6,9-10,18H,2-4,7-8H2,1H3/t30-,31+;19-,20+;/m11./s1. The van der Waals surface area contributed by atoms with Crippen molar-refractivity contribution < 1.29 is 79.9 Å². The Morgan fingerprint density at radius 2 is 1.00 bits per heavy atom. The van der Waals surface area contributed by atoms with E-state index in [0.29, 0.717) is 62.8 Å². The molecule has 6 aromatic carbocycles. The Labute approximate surface area is 575 Å². The van der Waals surface area contributed by atoms with Gasteiger partial charge < -0.3 is 63.3 Å². The number of benzene rings is 6. The molecule has 5 amide bonds. The van der Waals surface area contributed by atoms with E-state index in [9.17, 15) is 51.4 Å². The lowest BCUT2D eigenvalue weighted by Gasteiger charge is -2.41. The van der Waals surface area contributed by atoms with Crippen LogP contribution in [0, 0.1) is 11.8 Å². The highest BCUT2D eigenvalue weighted by Crippen LogP contribution is 2.47. The van der Waals surface area contributed by atoms with E-state index >= 15 is 0 Å². The number of carbonyl (C=O) groups excluding carboxylic acids is 5. The van der Waals surface area contributed by atoms with Crippen LogP contribution in [0.1, 0.15) is 116 Å². The Bertz CT molecular complexity index is 3840. The number of carbonyl (C=O) groups is 6. The lowest BCUT2D eigenvalue weighted by atomic mass is 9.79. The Morgan fingerprint density at radius 3 is 1.44 bits per heavy atom. The zero-order valence-electron chi connectivity index (χ0n) is 57.2. The second-order valence-electron chi connectivity index (χ2n) is 27.7. The molecule has 2 aliphatic carbocycles. The predicted molar refractivity (Wildman–Crippen MR) is 368 cm³/mol. The van der Waals surface area contributed by atoms with Gasteiger partial charge in [-0.2, -0.15) is 17.6 Å². The second-order valence-corrected chi connectivity index (χ2v) is 27.7. The van der Waals surface area contributed by atoms with Gasteiger partial charge >= 0.3 is 42.2 Å². The molecule has 99 heavy (non-hydrogen) atoms. The molecule has 0 bridgehead atoms. The van der Waals surface area contributed by atoms with E-state index in [1.54, 1.807) is 54.8 Å². The number of methoxy groups -OCH3 is 2. The van der Waals surface area contributed by atoms with E-state index in [0.717, 1.165) is 74.6 Å². The van der Waals surface area contributed by atoms with Gasteiger partial charge in [0.1, 0.15) is 11.2 Å². The van der Waals surface area contributed by atoms with Gasteiger partial charge in [-0.25, -0.2) is 9.59 Å². The molecule has 0 aromatic heterocycles. The Kier molecular flexibility index (Phi) is 22.6. The number of hydrogen-bond donors (Lipinski definition) is 2. The van der Waals surface area contributed by atoms with Crippen LogP contribution in [0.4, 0.5) is 49.9 Å². The molecule has 0 spiro atoms. The van der Waals surface area contributed by atoms with E-state index in [1.807, 2.05) is 118 Å². The minimum atomic E-state index is -4.01. The van der Waals surface area contributed by atoms with Gasteiger partial charge in [-0.1, -0.05) is 109 Å². The maximum Gasteiger partial charge on any atom is 0.482 e. The van der Waals surface area contributed by atoms with Gasteiger partial charge in [0.05, 0.1) is 23.2 Å². The molecule has 0 unspecified atom stereocenters. The zero-order chi connectivity index (χ0) is 71.0. The number of aliphatic carboxylic acids is 1. The number of alkyl halides is 4. The lowest BCUT2D eigenvalue weighted by Crippen LogP contribution is -2.52. The van der Waals surface area contributed by atoms with Crippen LogP contribution >= 0.6 is 0 Å². The third-order valence-electron chi connectivity index (χ3n) is 17.8. The van der Waals surface area contributed by atoms with Crippen LogP contribution in [-0.2, 0) is 38.1 Å². The number of carboxylic acids is 1. The fourth-order valence-electron chi connectivity index (χ4n) is 12.8. The van der Waals surface area contributed by atoms with Gasteiger partial charge in [0.15, 0.2) is 11.5 Å². The number of hydrogen-bond acceptors (Lipinski definition) is 13. The fourth-order valence-corrected chi connectivity index (χ4v) is 12.8. The first-order valence-electron chi connectivity index (χ1n) is 33.7. The molecule has 2 saturated carbocycles. The normalized spacial score (nSPS) is 20.0. The summed E-state index contributed by atoms with van der Waals surface area (Å²) in [6, 6.07) is 46.0. The summed E-state index contributed by atoms with van der Waals surface area (Å²) in [6.45, 7) is 12.9. The van der Waals surface area contributed by atoms with Gasteiger partial charge in [-0.15, -0.1) is 0 Å². The largest absolute Gasteiger partial charge is 0.482 e. The van der Waals surface area contributed by atoms with Crippen LogP contribution in [0.25, 0.3) is 22.3 Å². The number of ether oxygens (including phenoxy) is 6. The number of amides is 5. The Hall–Kier alpha value is -9.22. The quantitative estimate of drug-likeness (QED) is 0.0607. The number of likely N-dealkylation sites (tertiary alicyclic amines) is 2. The average Bonchev–Trinajstić information content (AvgIpc) is 1.50. The molecule has 6 aliphatic rings. The number of halogens is 4. The number of rotatable bonds is 18. The summed E-state index contributed by atoms with van der Waals surface area (Å²) in [4.78, 5) is 84.2. The first kappa shape index (κ1) is 72.5. The van der Waals surface area contributed by atoms with E-state index in [4.69, 9.17) is 23.7 Å². The van der Waals surface area contributed by atoms with E-state index in [-0.39, 0.29) is 73.8 Å². The highest BCUT2D eigenvalue weighted by molar-refractivity contribution is 6.04. The van der Waals surface area contributed by atoms with E-state index in [2.05, 4.69) is 22.2 Å². The molecule has 4 fully saturated rings. The summed E-state index contributed by atoms with van der Waals surface area (Å²) in [5.74, 6) is -5.61. The molecule has 4 heterocycles. The van der Waals surface area contributed by atoms with Crippen molar-refractivity contribution in [3.05, 3.63) is 157 Å². The van der Waals surface area contributed by atoms with Crippen LogP contribution < -0.4 is 29.5 Å². The van der Waals surface area contributed by atoms with Crippen LogP contribution in [0.3, 0.4) is 0 Å². The van der Waals surface area contributed by atoms with Crippen molar-refractivity contribution in [3.63, 3.8) is 0 Å². The van der Waals surface area contributed by atoms with Crippen molar-refractivity contribution in [2.75, 3.05) is 86.7 Å². The average molecular weight is 1370 g/mol. The summed E-state index contributed by atoms with van der Waals surface area (Å²) in [5.41, 5.74) is 6.78. The second kappa shape index (κ2) is 30.9. The molecule has 23 heteroatoms. The molecule has 2 N–H and O–H groups in total. The lowest BCUT2D eigenvalue weighted by molar-refractivity contribution is -0.192. The number of fused-ring (bicyclic) bond motifs is 2. The van der Waals surface area contributed by atoms with Crippen molar-refractivity contribution in [1.82, 2.24) is 9.80 Å². The predicted octanol–water partition coefficient (Wildman–Crippen LogP) is 14.6. The highest BCUT2D eigenvalue weighted by Gasteiger charge is 2.53. The smallest absolute Gasteiger partial charge is 0.481 e. The number of piperidine rings is 2. The molecule has 12 rings (SSSR count). The van der Waals surface area contributed by atoms with Crippen molar-refractivity contribution >= 4 is 58.6 Å². The SMILES string of the molecule is CC(C)(C)OC(=O)N1CC[C@H](c2cccc(-c3ccccc3)c2)[C@@H](C(=O)O)C1.COCCCN1C(=O)C(F)(F)Oc2ccc(N(C(=O)[C@H]3CN(C(=O)OC(C)(C)C)CC[C@@H]3c3cccc(-c4ccccc4)c3)C3CC3)cc21.COCCCN1C(=O)C(F)(F)Oc2ccc(NC3CC3)cc21. The first-order valence-corrected chi connectivity index (χ1v) is 33.7. The molecule has 528 valence electrons. The maximum atomic E-state index is 14.9. The molecular formula is C76H88F4N6O13. The van der Waals surface area contributed by atoms with Crippen LogP contribution in [0.15, 0.2) is 146 Å². The summed E-state index contributed by atoms with van der Waals surface area (Å²) < 4.78 is 87.1. The molecular weight excluding hydrogens is 1280 g/mol. The topological polar surface area (TPSA) is 206 Å². The van der Waals surface area contributed by atoms with Gasteiger partial charge in [0, 0.05) is 96.1 Å². The molecule has 0 radical (unpaired) electrons. The monoisotopic (exact) mass is 1370 g/mol. The van der Waals surface area contributed by atoms with E-state index < -0.39 is 65.2 Å². The summed E-state index contributed by atoms with van der Waals surface area (Å²) in [5, 5.41) is 13.1. The third-order valence-corrected chi connectivity index (χ3v) is 17.8. The van der Waals surface area contributed by atoms with Crippen molar-refractivity contribution in [1.29, 1.82) is 0 Å². The highest BCUT2D eigenvalue weighted by atomic mass is 19.3. The summed E-state index contributed by atoms with van der Waals surface area (Å²) in [6.07, 6.45) is -3.09.